The van der Waals surface area contributed by atoms with Gasteiger partial charge in [-0.3, -0.25) is 9.69 Å². The Balaban J connectivity index is 0.00000208. The number of hydrogen-bond donors (Lipinski definition) is 1. The Bertz CT molecular complexity index is 619. The summed E-state index contributed by atoms with van der Waals surface area (Å²) in [7, 11) is 0. The molecule has 1 saturated heterocycles. The van der Waals surface area contributed by atoms with Crippen LogP contribution < -0.4 is 4.90 Å². The Hall–Kier alpha value is -1.21. The molecule has 126 valence electrons. The van der Waals surface area contributed by atoms with Crippen LogP contribution in [0.5, 0.6) is 0 Å². The molecule has 0 saturated carbocycles. The Labute approximate surface area is 156 Å². The van der Waals surface area contributed by atoms with E-state index in [9.17, 15) is 4.79 Å². The molecule has 1 atom stereocenters. The molecule has 0 bridgehead atoms. The number of likely N-dealkylation sites (tertiary alicyclic amines) is 1. The molecule has 0 aromatic heterocycles. The fraction of sp³-hybridized carbons (Fsp3) is 0.526. The molecule has 24 heavy (non-hydrogen) atoms. The van der Waals surface area contributed by atoms with Gasteiger partial charge in [0.15, 0.2) is 0 Å². The van der Waals surface area contributed by atoms with Crippen molar-refractivity contribution in [3.63, 3.8) is 0 Å². The number of carbonyl (C=O) groups is 1. The Morgan fingerprint density at radius 2 is 1.88 bits per heavy atom. The second kappa shape index (κ2) is 7.35. The first kappa shape index (κ1) is 19.1. The topological polar surface area (TPSA) is 43.8 Å². The van der Waals surface area contributed by atoms with Crippen molar-refractivity contribution in [1.82, 2.24) is 4.90 Å². The first-order chi connectivity index (χ1) is 10.8. The van der Waals surface area contributed by atoms with Gasteiger partial charge in [-0.25, -0.2) is 0 Å². The van der Waals surface area contributed by atoms with Gasteiger partial charge in [0.05, 0.1) is 6.42 Å². The van der Waals surface area contributed by atoms with Crippen LogP contribution in [0, 0.1) is 5.92 Å². The molecule has 0 spiro atoms. The van der Waals surface area contributed by atoms with E-state index in [2.05, 4.69) is 61.0 Å². The van der Waals surface area contributed by atoms with E-state index in [0.717, 1.165) is 19.6 Å². The number of hydrogen-bond acceptors (Lipinski definition) is 3. The summed E-state index contributed by atoms with van der Waals surface area (Å²) in [6.07, 6.45) is 2.50. The van der Waals surface area contributed by atoms with Crippen LogP contribution in [0.25, 0.3) is 0 Å². The average Bonchev–Trinajstić information content (AvgIpc) is 3.02. The van der Waals surface area contributed by atoms with Gasteiger partial charge in [0.2, 0.25) is 0 Å². The zero-order chi connectivity index (χ0) is 16.6. The van der Waals surface area contributed by atoms with Gasteiger partial charge in [0.1, 0.15) is 0 Å². The van der Waals surface area contributed by atoms with Crippen LogP contribution in [0.15, 0.2) is 36.0 Å². The molecule has 0 radical (unpaired) electrons. The molecule has 2 aliphatic rings. The second-order valence-electron chi connectivity index (χ2n) is 7.73. The van der Waals surface area contributed by atoms with E-state index in [1.165, 1.54) is 16.8 Å². The van der Waals surface area contributed by atoms with Crippen molar-refractivity contribution in [1.29, 1.82) is 0 Å². The molecule has 3 rings (SSSR count). The third-order valence-electron chi connectivity index (χ3n) is 4.85. The van der Waals surface area contributed by atoms with Crippen LogP contribution in [-0.4, -0.2) is 61.0 Å². The Morgan fingerprint density at radius 3 is 2.42 bits per heavy atom. The second-order valence-corrected chi connectivity index (χ2v) is 7.73. The molecule has 1 unspecified atom stereocenters. The first-order valence-corrected chi connectivity index (χ1v) is 8.35. The number of nitrogens with zero attached hydrogens (tertiary/aromatic N) is 2. The van der Waals surface area contributed by atoms with Crippen molar-refractivity contribution in [2.45, 2.75) is 32.6 Å². The van der Waals surface area contributed by atoms with Crippen LogP contribution in [0.3, 0.4) is 0 Å². The summed E-state index contributed by atoms with van der Waals surface area (Å²) in [6, 6.07) is 8.87. The molecule has 1 aromatic rings. The number of carboxylic acid groups (broad SMARTS) is 1. The van der Waals surface area contributed by atoms with E-state index < -0.39 is 5.97 Å². The minimum absolute atomic E-state index is 0. The van der Waals surface area contributed by atoms with Gasteiger partial charge in [-0.15, -0.1) is 0 Å². The average molecular weight is 322 g/mol. The minimum atomic E-state index is -0.711. The molecule has 0 amide bonds. The van der Waals surface area contributed by atoms with Crippen LogP contribution in [0.4, 0.5) is 5.69 Å². The number of anilines is 1. The Kier molecular flexibility index (Phi) is 5.86. The van der Waals surface area contributed by atoms with Crippen LogP contribution in [0.2, 0.25) is 0 Å². The van der Waals surface area contributed by atoms with Crippen molar-refractivity contribution in [3.05, 3.63) is 41.6 Å². The molecular formula is C19H27LiN2O2. The number of aliphatic carboxylic acids is 1. The molecule has 5 heteroatoms. The monoisotopic (exact) mass is 322 g/mol. The fourth-order valence-corrected chi connectivity index (χ4v) is 3.45. The van der Waals surface area contributed by atoms with Gasteiger partial charge < -0.3 is 10.0 Å². The number of fused-ring (bicyclic) bond motifs is 1. The Morgan fingerprint density at radius 1 is 1.21 bits per heavy atom. The summed E-state index contributed by atoms with van der Waals surface area (Å²) >= 11 is 0. The number of benzene rings is 1. The normalized spacial score (nSPS) is 20.5. The van der Waals surface area contributed by atoms with Crippen molar-refractivity contribution >= 4 is 30.5 Å². The van der Waals surface area contributed by atoms with Gasteiger partial charge in [-0.05, 0) is 28.7 Å². The third kappa shape index (κ3) is 4.25. The molecule has 1 fully saturated rings. The molecule has 2 aliphatic heterocycles. The number of rotatable bonds is 4. The fourth-order valence-electron chi connectivity index (χ4n) is 3.45. The predicted molar refractivity (Wildman–Crippen MR) is 99.9 cm³/mol. The van der Waals surface area contributed by atoms with Gasteiger partial charge in [0.25, 0.3) is 0 Å². The summed E-state index contributed by atoms with van der Waals surface area (Å²) in [6.45, 7) is 10.3. The van der Waals surface area contributed by atoms with Gasteiger partial charge in [0, 0.05) is 44.0 Å². The summed E-state index contributed by atoms with van der Waals surface area (Å²) in [5, 5.41) is 8.80. The van der Waals surface area contributed by atoms with E-state index >= 15 is 0 Å². The zero-order valence-electron chi connectivity index (χ0n) is 14.2. The van der Waals surface area contributed by atoms with E-state index in [-0.39, 0.29) is 30.7 Å². The standard InChI is InChI=1S/C19H26N2O2.Li.H/c1-19(2,3)16-4-6-17(7-5-16)21-12-14-10-20(9-8-18(22)23)11-15(14)13-21;;/h4-7,12,15H,8-11,13H2,1-3H3,(H,22,23);;. The van der Waals surface area contributed by atoms with Crippen molar-refractivity contribution in [2.24, 2.45) is 5.92 Å². The molecular weight excluding hydrogens is 295 g/mol. The summed E-state index contributed by atoms with van der Waals surface area (Å²) in [5.41, 5.74) is 4.23. The van der Waals surface area contributed by atoms with E-state index in [0.29, 0.717) is 12.5 Å². The summed E-state index contributed by atoms with van der Waals surface area (Å²) in [4.78, 5) is 15.3. The van der Waals surface area contributed by atoms with E-state index in [1.807, 2.05) is 0 Å². The van der Waals surface area contributed by atoms with Gasteiger partial charge in [-0.2, -0.15) is 0 Å². The summed E-state index contributed by atoms with van der Waals surface area (Å²) in [5.74, 6) is -0.164. The predicted octanol–water partition coefficient (Wildman–Crippen LogP) is 2.45. The van der Waals surface area contributed by atoms with Crippen LogP contribution in [0.1, 0.15) is 32.8 Å². The quantitative estimate of drug-likeness (QED) is 0.865. The molecule has 4 nitrogen and oxygen atoms in total. The van der Waals surface area contributed by atoms with E-state index in [1.54, 1.807) is 0 Å². The van der Waals surface area contributed by atoms with Crippen molar-refractivity contribution in [3.8, 4) is 0 Å². The third-order valence-corrected chi connectivity index (χ3v) is 4.85. The maximum atomic E-state index is 10.7. The maximum absolute atomic E-state index is 10.7. The zero-order valence-corrected chi connectivity index (χ0v) is 14.2. The first-order valence-electron chi connectivity index (χ1n) is 8.35. The SMILES string of the molecule is CC(C)(C)c1ccc(N2C=C3CN(CCC(=O)O)CC3C2)cc1.[LiH]. The number of carboxylic acids is 1. The summed E-state index contributed by atoms with van der Waals surface area (Å²) < 4.78 is 0. The van der Waals surface area contributed by atoms with Crippen molar-refractivity contribution < 1.29 is 9.90 Å². The van der Waals surface area contributed by atoms with Crippen LogP contribution >= 0.6 is 0 Å². The van der Waals surface area contributed by atoms with Crippen molar-refractivity contribution in [2.75, 3.05) is 31.1 Å². The van der Waals surface area contributed by atoms with Crippen LogP contribution in [-0.2, 0) is 10.2 Å². The van der Waals surface area contributed by atoms with Gasteiger partial charge >= 0.3 is 24.8 Å². The molecule has 0 aliphatic carbocycles. The molecule has 1 aromatic carbocycles. The van der Waals surface area contributed by atoms with E-state index in [4.69, 9.17) is 5.11 Å². The molecule has 1 N–H and O–H groups in total. The molecule has 2 heterocycles. The van der Waals surface area contributed by atoms with Gasteiger partial charge in [-0.1, -0.05) is 32.9 Å².